The molecular formula is C22H23N3O2. The fourth-order valence-corrected chi connectivity index (χ4v) is 2.99. The molecule has 0 atom stereocenters. The van der Waals surface area contributed by atoms with E-state index >= 15 is 0 Å². The minimum absolute atomic E-state index is 0.229. The third-order valence-corrected chi connectivity index (χ3v) is 4.28. The first-order chi connectivity index (χ1) is 13.1. The molecule has 3 rings (SSSR count). The number of aromatic nitrogens is 1. The van der Waals surface area contributed by atoms with E-state index < -0.39 is 0 Å². The lowest BCUT2D eigenvalue weighted by molar-refractivity contribution is 0.0955. The van der Waals surface area contributed by atoms with Gasteiger partial charge in [-0.05, 0) is 63.2 Å². The molecule has 0 saturated carbocycles. The molecule has 1 N–H and O–H groups in total. The Morgan fingerprint density at radius 3 is 2.48 bits per heavy atom. The highest BCUT2D eigenvalue weighted by molar-refractivity contribution is 5.94. The Morgan fingerprint density at radius 2 is 1.81 bits per heavy atom. The molecule has 5 nitrogen and oxygen atoms in total. The Morgan fingerprint density at radius 1 is 1.11 bits per heavy atom. The fraction of sp³-hybridized carbons (Fsp3) is 0.182. The van der Waals surface area contributed by atoms with Gasteiger partial charge in [-0.3, -0.25) is 4.79 Å². The molecule has 0 aliphatic heterocycles. The molecule has 0 radical (unpaired) electrons. The average molecular weight is 361 g/mol. The number of nitrogens with zero attached hydrogens (tertiary/aromatic N) is 2. The van der Waals surface area contributed by atoms with Gasteiger partial charge >= 0.3 is 0 Å². The van der Waals surface area contributed by atoms with Crippen molar-refractivity contribution in [2.75, 3.05) is 6.61 Å². The highest BCUT2D eigenvalue weighted by Crippen LogP contribution is 2.22. The normalized spacial score (nSPS) is 10.9. The van der Waals surface area contributed by atoms with Gasteiger partial charge in [-0.15, -0.1) is 0 Å². The monoisotopic (exact) mass is 361 g/mol. The van der Waals surface area contributed by atoms with E-state index in [-0.39, 0.29) is 5.91 Å². The number of hydrazone groups is 1. The molecule has 2 aromatic carbocycles. The molecule has 27 heavy (non-hydrogen) atoms. The second-order valence-corrected chi connectivity index (χ2v) is 6.15. The van der Waals surface area contributed by atoms with Gasteiger partial charge in [0.15, 0.2) is 0 Å². The van der Waals surface area contributed by atoms with Crippen LogP contribution in [0.4, 0.5) is 0 Å². The summed E-state index contributed by atoms with van der Waals surface area (Å²) in [5.74, 6) is 0.626. The number of amides is 1. The van der Waals surface area contributed by atoms with Crippen LogP contribution in [-0.4, -0.2) is 23.3 Å². The van der Waals surface area contributed by atoms with Crippen LogP contribution in [0.25, 0.3) is 5.69 Å². The van der Waals surface area contributed by atoms with E-state index in [9.17, 15) is 4.79 Å². The number of carbonyl (C=O) groups excluding carboxylic acids is 1. The van der Waals surface area contributed by atoms with E-state index in [4.69, 9.17) is 4.74 Å². The molecule has 0 unspecified atom stereocenters. The van der Waals surface area contributed by atoms with Crippen LogP contribution in [0, 0.1) is 13.8 Å². The number of aryl methyl sites for hydroxylation is 1. The van der Waals surface area contributed by atoms with E-state index in [1.165, 1.54) is 0 Å². The molecule has 3 aromatic rings. The molecule has 0 fully saturated rings. The molecule has 0 bridgehead atoms. The molecule has 5 heteroatoms. The third-order valence-electron chi connectivity index (χ3n) is 4.28. The summed E-state index contributed by atoms with van der Waals surface area (Å²) in [6, 6.07) is 19.1. The van der Waals surface area contributed by atoms with Crippen molar-refractivity contribution in [3.63, 3.8) is 0 Å². The van der Waals surface area contributed by atoms with Gasteiger partial charge in [-0.25, -0.2) is 5.43 Å². The van der Waals surface area contributed by atoms with Crippen molar-refractivity contribution >= 4 is 12.1 Å². The summed E-state index contributed by atoms with van der Waals surface area (Å²) in [5, 5.41) is 4.11. The van der Waals surface area contributed by atoms with Crippen molar-refractivity contribution < 1.29 is 9.53 Å². The van der Waals surface area contributed by atoms with Crippen molar-refractivity contribution in [1.82, 2.24) is 9.99 Å². The van der Waals surface area contributed by atoms with Crippen LogP contribution in [0.3, 0.4) is 0 Å². The Labute approximate surface area is 159 Å². The van der Waals surface area contributed by atoms with Crippen molar-refractivity contribution in [2.45, 2.75) is 20.8 Å². The summed E-state index contributed by atoms with van der Waals surface area (Å²) in [4.78, 5) is 12.1. The van der Waals surface area contributed by atoms with Gasteiger partial charge in [0.25, 0.3) is 5.91 Å². The summed E-state index contributed by atoms with van der Waals surface area (Å²) in [6.45, 7) is 6.69. The number of ether oxygens (including phenoxy) is 1. The Bertz CT molecular complexity index is 942. The first-order valence-corrected chi connectivity index (χ1v) is 8.90. The lowest BCUT2D eigenvalue weighted by Gasteiger charge is -2.10. The zero-order valence-corrected chi connectivity index (χ0v) is 15.8. The SMILES string of the molecule is CCOc1ccc(-n2c(C)cc(/C=N/NC(=O)c3ccccc3)c2C)cc1. The number of hydrogen-bond donors (Lipinski definition) is 1. The zero-order chi connectivity index (χ0) is 19.2. The van der Waals surface area contributed by atoms with Gasteiger partial charge in [-0.2, -0.15) is 5.10 Å². The molecule has 0 spiro atoms. The van der Waals surface area contributed by atoms with Gasteiger partial charge in [0, 0.05) is 28.2 Å². The van der Waals surface area contributed by atoms with Gasteiger partial charge < -0.3 is 9.30 Å². The average Bonchev–Trinajstić information content (AvgIpc) is 2.97. The minimum atomic E-state index is -0.229. The Kier molecular flexibility index (Phi) is 5.71. The van der Waals surface area contributed by atoms with Crippen molar-refractivity contribution in [1.29, 1.82) is 0 Å². The molecule has 1 aromatic heterocycles. The molecule has 1 amide bonds. The Balaban J connectivity index is 1.76. The van der Waals surface area contributed by atoms with Gasteiger partial charge in [0.1, 0.15) is 5.75 Å². The van der Waals surface area contributed by atoms with Crippen LogP contribution < -0.4 is 10.2 Å². The van der Waals surface area contributed by atoms with Crippen LogP contribution in [0.2, 0.25) is 0 Å². The van der Waals surface area contributed by atoms with Crippen molar-refractivity contribution in [3.05, 3.63) is 83.2 Å². The van der Waals surface area contributed by atoms with Crippen LogP contribution >= 0.6 is 0 Å². The van der Waals surface area contributed by atoms with Crippen LogP contribution in [0.1, 0.15) is 34.2 Å². The number of hydrogen-bond acceptors (Lipinski definition) is 3. The first kappa shape index (κ1) is 18.5. The minimum Gasteiger partial charge on any atom is -0.494 e. The number of carbonyl (C=O) groups is 1. The Hall–Kier alpha value is -3.34. The molecule has 0 aliphatic rings. The van der Waals surface area contributed by atoms with E-state index in [0.717, 1.165) is 28.4 Å². The second-order valence-electron chi connectivity index (χ2n) is 6.15. The smallest absolute Gasteiger partial charge is 0.271 e. The summed E-state index contributed by atoms with van der Waals surface area (Å²) in [6.07, 6.45) is 1.67. The quantitative estimate of drug-likeness (QED) is 0.527. The van der Waals surface area contributed by atoms with Gasteiger partial charge in [-0.1, -0.05) is 18.2 Å². The summed E-state index contributed by atoms with van der Waals surface area (Å²) in [7, 11) is 0. The fourth-order valence-electron chi connectivity index (χ4n) is 2.99. The predicted octanol–water partition coefficient (Wildman–Crippen LogP) is 4.26. The lowest BCUT2D eigenvalue weighted by atomic mass is 10.2. The number of nitrogens with one attached hydrogen (secondary N) is 1. The maximum absolute atomic E-state index is 12.1. The molecule has 138 valence electrons. The van der Waals surface area contributed by atoms with E-state index in [1.807, 2.05) is 69.3 Å². The van der Waals surface area contributed by atoms with E-state index in [1.54, 1.807) is 18.3 Å². The highest BCUT2D eigenvalue weighted by Gasteiger charge is 2.10. The third kappa shape index (κ3) is 4.26. The lowest BCUT2D eigenvalue weighted by Crippen LogP contribution is -2.17. The standard InChI is InChI=1S/C22H23N3O2/c1-4-27-21-12-10-20(11-13-21)25-16(2)14-19(17(25)3)15-23-24-22(26)18-8-6-5-7-9-18/h5-15H,4H2,1-3H3,(H,24,26)/b23-15+. The zero-order valence-electron chi connectivity index (χ0n) is 15.8. The van der Waals surface area contributed by atoms with E-state index in [0.29, 0.717) is 12.2 Å². The number of rotatable bonds is 6. The molecule has 1 heterocycles. The largest absolute Gasteiger partial charge is 0.494 e. The molecular weight excluding hydrogens is 338 g/mol. The summed E-state index contributed by atoms with van der Waals surface area (Å²) >= 11 is 0. The summed E-state index contributed by atoms with van der Waals surface area (Å²) < 4.78 is 7.65. The van der Waals surface area contributed by atoms with Crippen molar-refractivity contribution in [2.24, 2.45) is 5.10 Å². The van der Waals surface area contributed by atoms with Crippen molar-refractivity contribution in [3.8, 4) is 11.4 Å². The van der Waals surface area contributed by atoms with Gasteiger partial charge in [0.2, 0.25) is 0 Å². The second kappa shape index (κ2) is 8.36. The highest BCUT2D eigenvalue weighted by atomic mass is 16.5. The van der Waals surface area contributed by atoms with Crippen LogP contribution in [-0.2, 0) is 0 Å². The summed E-state index contributed by atoms with van der Waals surface area (Å²) in [5.41, 5.74) is 7.30. The van der Waals surface area contributed by atoms with Gasteiger partial charge in [0.05, 0.1) is 12.8 Å². The predicted molar refractivity (Wildman–Crippen MR) is 108 cm³/mol. The molecule has 0 aliphatic carbocycles. The molecule has 0 saturated heterocycles. The van der Waals surface area contributed by atoms with Crippen LogP contribution in [0.5, 0.6) is 5.75 Å². The van der Waals surface area contributed by atoms with E-state index in [2.05, 4.69) is 15.1 Å². The maximum atomic E-state index is 12.1. The van der Waals surface area contributed by atoms with Crippen LogP contribution in [0.15, 0.2) is 65.8 Å². The topological polar surface area (TPSA) is 55.6 Å². The first-order valence-electron chi connectivity index (χ1n) is 8.90. The number of benzene rings is 2. The maximum Gasteiger partial charge on any atom is 0.271 e.